The topological polar surface area (TPSA) is 33.2 Å². The fourth-order valence-corrected chi connectivity index (χ4v) is 1.15. The van der Waals surface area contributed by atoms with Gasteiger partial charge in [-0.25, -0.2) is 0 Å². The molecule has 0 saturated carbocycles. The minimum absolute atomic E-state index is 0.0479. The first-order chi connectivity index (χ1) is 6.61. The van der Waals surface area contributed by atoms with Crippen molar-refractivity contribution < 1.29 is 4.79 Å². The number of carbonyl (C=O) groups excluding carboxylic acids is 1. The summed E-state index contributed by atoms with van der Waals surface area (Å²) < 4.78 is 0. The van der Waals surface area contributed by atoms with Crippen LogP contribution >= 0.6 is 0 Å². The average molecular weight is 190 g/mol. The van der Waals surface area contributed by atoms with Crippen molar-refractivity contribution in [1.82, 2.24) is 9.88 Å². The minimum atomic E-state index is 0.0479. The molecule has 1 aromatic heterocycles. The number of allylic oxidation sites excluding steroid dienone is 1. The Morgan fingerprint density at radius 1 is 1.50 bits per heavy atom. The molecule has 0 radical (unpaired) electrons. The molecule has 1 rings (SSSR count). The number of hydrogen-bond donors (Lipinski definition) is 0. The molecule has 0 aromatic carbocycles. The van der Waals surface area contributed by atoms with Gasteiger partial charge in [-0.1, -0.05) is 6.07 Å². The van der Waals surface area contributed by atoms with E-state index in [1.54, 1.807) is 25.5 Å². The van der Waals surface area contributed by atoms with E-state index in [1.807, 2.05) is 31.1 Å². The van der Waals surface area contributed by atoms with Crippen molar-refractivity contribution in [3.05, 3.63) is 36.3 Å². The third kappa shape index (κ3) is 2.69. The summed E-state index contributed by atoms with van der Waals surface area (Å²) in [6, 6.07) is 3.70. The van der Waals surface area contributed by atoms with Crippen LogP contribution in [0.5, 0.6) is 0 Å². The van der Waals surface area contributed by atoms with E-state index >= 15 is 0 Å². The van der Waals surface area contributed by atoms with Crippen LogP contribution in [0.4, 0.5) is 0 Å². The Bertz CT molecular complexity index is 342. The van der Waals surface area contributed by atoms with Crippen LogP contribution in [0.2, 0.25) is 0 Å². The van der Waals surface area contributed by atoms with Gasteiger partial charge in [0.05, 0.1) is 0 Å². The molecule has 74 valence electrons. The summed E-state index contributed by atoms with van der Waals surface area (Å²) in [4.78, 5) is 17.2. The summed E-state index contributed by atoms with van der Waals surface area (Å²) in [6.07, 6.45) is 5.19. The number of carbonyl (C=O) groups is 1. The molecule has 0 aliphatic carbocycles. The van der Waals surface area contributed by atoms with Crippen LogP contribution < -0.4 is 0 Å². The van der Waals surface area contributed by atoms with Crippen LogP contribution in [0.25, 0.3) is 5.57 Å². The average Bonchev–Trinajstić information content (AvgIpc) is 2.15. The third-order valence-electron chi connectivity index (χ3n) is 1.74. The molecule has 0 N–H and O–H groups in total. The zero-order chi connectivity index (χ0) is 10.6. The van der Waals surface area contributed by atoms with Crippen LogP contribution in [0, 0.1) is 0 Å². The van der Waals surface area contributed by atoms with Crippen molar-refractivity contribution in [1.29, 1.82) is 0 Å². The predicted molar refractivity (Wildman–Crippen MR) is 56.6 cm³/mol. The summed E-state index contributed by atoms with van der Waals surface area (Å²) in [5.74, 6) is 0.0479. The molecule has 3 nitrogen and oxygen atoms in total. The second-order valence-electron chi connectivity index (χ2n) is 3.30. The first kappa shape index (κ1) is 10.4. The first-order valence-corrected chi connectivity index (χ1v) is 4.41. The van der Waals surface area contributed by atoms with Crippen molar-refractivity contribution in [3.8, 4) is 0 Å². The number of rotatable bonds is 3. The van der Waals surface area contributed by atoms with Gasteiger partial charge in [-0.3, -0.25) is 9.78 Å². The van der Waals surface area contributed by atoms with Crippen molar-refractivity contribution in [2.75, 3.05) is 14.1 Å². The lowest BCUT2D eigenvalue weighted by molar-refractivity contribution is -0.111. The standard InChI is InChI=1S/C11H14N2O/c1-9(14)11(8-13(2)3)10-5-4-6-12-7-10/h4-8H,1-3H3/b11-8-. The second-order valence-corrected chi connectivity index (χ2v) is 3.30. The normalized spacial score (nSPS) is 11.2. The lowest BCUT2D eigenvalue weighted by Crippen LogP contribution is -2.06. The Labute approximate surface area is 84.1 Å². The Morgan fingerprint density at radius 3 is 2.64 bits per heavy atom. The molecule has 0 spiro atoms. The van der Waals surface area contributed by atoms with Gasteiger partial charge in [-0.15, -0.1) is 0 Å². The number of pyridine rings is 1. The molecular weight excluding hydrogens is 176 g/mol. The van der Waals surface area contributed by atoms with Gasteiger partial charge < -0.3 is 4.90 Å². The fourth-order valence-electron chi connectivity index (χ4n) is 1.15. The summed E-state index contributed by atoms with van der Waals surface area (Å²) >= 11 is 0. The molecule has 0 aliphatic heterocycles. The molecule has 0 amide bonds. The monoisotopic (exact) mass is 190 g/mol. The molecule has 0 unspecified atom stereocenters. The quantitative estimate of drug-likeness (QED) is 0.678. The molecule has 0 aliphatic rings. The number of ketones is 1. The number of Topliss-reactive ketones (excluding diaryl/α,β-unsaturated/α-hetero) is 1. The molecule has 0 saturated heterocycles. The summed E-state index contributed by atoms with van der Waals surface area (Å²) in [5, 5.41) is 0. The predicted octanol–water partition coefficient (Wildman–Crippen LogP) is 1.57. The molecule has 3 heteroatoms. The van der Waals surface area contributed by atoms with Crippen molar-refractivity contribution in [3.63, 3.8) is 0 Å². The zero-order valence-electron chi connectivity index (χ0n) is 8.69. The highest BCUT2D eigenvalue weighted by Crippen LogP contribution is 2.13. The van der Waals surface area contributed by atoms with E-state index in [2.05, 4.69) is 4.98 Å². The van der Waals surface area contributed by atoms with Crippen LogP contribution in [0.15, 0.2) is 30.7 Å². The maximum atomic E-state index is 11.4. The third-order valence-corrected chi connectivity index (χ3v) is 1.74. The van der Waals surface area contributed by atoms with Crippen LogP contribution in [0.1, 0.15) is 12.5 Å². The highest BCUT2D eigenvalue weighted by molar-refractivity contribution is 6.19. The van der Waals surface area contributed by atoms with Crippen LogP contribution in [-0.4, -0.2) is 29.8 Å². The molecular formula is C11H14N2O. The van der Waals surface area contributed by atoms with Gasteiger partial charge in [0.2, 0.25) is 0 Å². The zero-order valence-corrected chi connectivity index (χ0v) is 8.69. The summed E-state index contributed by atoms with van der Waals surface area (Å²) in [7, 11) is 3.78. The van der Waals surface area contributed by atoms with Gasteiger partial charge in [0.1, 0.15) is 0 Å². The van der Waals surface area contributed by atoms with Crippen molar-refractivity contribution in [2.24, 2.45) is 0 Å². The molecule has 1 aromatic rings. The van der Waals surface area contributed by atoms with E-state index in [1.165, 1.54) is 0 Å². The summed E-state index contributed by atoms with van der Waals surface area (Å²) in [5.41, 5.74) is 1.54. The number of hydrogen-bond acceptors (Lipinski definition) is 3. The lowest BCUT2D eigenvalue weighted by atomic mass is 10.1. The lowest BCUT2D eigenvalue weighted by Gasteiger charge is -2.09. The van der Waals surface area contributed by atoms with E-state index in [0.717, 1.165) is 5.56 Å². The van der Waals surface area contributed by atoms with E-state index in [0.29, 0.717) is 5.57 Å². The number of nitrogens with zero attached hydrogens (tertiary/aromatic N) is 2. The molecule has 0 atom stereocenters. The van der Waals surface area contributed by atoms with Gasteiger partial charge in [-0.05, 0) is 13.0 Å². The first-order valence-electron chi connectivity index (χ1n) is 4.41. The van der Waals surface area contributed by atoms with Crippen molar-refractivity contribution >= 4 is 11.4 Å². The minimum Gasteiger partial charge on any atom is -0.383 e. The SMILES string of the molecule is CC(=O)/C(=C/N(C)C)c1cccnc1. The van der Waals surface area contributed by atoms with E-state index in [9.17, 15) is 4.79 Å². The Morgan fingerprint density at radius 2 is 2.21 bits per heavy atom. The van der Waals surface area contributed by atoms with Crippen LogP contribution in [-0.2, 0) is 4.79 Å². The van der Waals surface area contributed by atoms with E-state index < -0.39 is 0 Å². The molecule has 0 bridgehead atoms. The maximum absolute atomic E-state index is 11.4. The molecule has 14 heavy (non-hydrogen) atoms. The largest absolute Gasteiger partial charge is 0.383 e. The molecule has 1 heterocycles. The van der Waals surface area contributed by atoms with E-state index in [4.69, 9.17) is 0 Å². The maximum Gasteiger partial charge on any atom is 0.161 e. The highest BCUT2D eigenvalue weighted by atomic mass is 16.1. The van der Waals surface area contributed by atoms with Gasteiger partial charge in [0, 0.05) is 43.8 Å². The van der Waals surface area contributed by atoms with Gasteiger partial charge in [0.25, 0.3) is 0 Å². The van der Waals surface area contributed by atoms with Gasteiger partial charge >= 0.3 is 0 Å². The second kappa shape index (κ2) is 4.56. The smallest absolute Gasteiger partial charge is 0.161 e. The molecule has 0 fully saturated rings. The Balaban J connectivity index is 3.08. The highest BCUT2D eigenvalue weighted by Gasteiger charge is 2.06. The summed E-state index contributed by atoms with van der Waals surface area (Å²) in [6.45, 7) is 1.56. The van der Waals surface area contributed by atoms with Gasteiger partial charge in [0.15, 0.2) is 5.78 Å². The Hall–Kier alpha value is -1.64. The number of aromatic nitrogens is 1. The van der Waals surface area contributed by atoms with Gasteiger partial charge in [-0.2, -0.15) is 0 Å². The van der Waals surface area contributed by atoms with Crippen LogP contribution in [0.3, 0.4) is 0 Å². The van der Waals surface area contributed by atoms with E-state index in [-0.39, 0.29) is 5.78 Å². The Kier molecular flexibility index (Phi) is 3.40. The van der Waals surface area contributed by atoms with Crippen molar-refractivity contribution in [2.45, 2.75) is 6.92 Å². The fraction of sp³-hybridized carbons (Fsp3) is 0.273.